The predicted octanol–water partition coefficient (Wildman–Crippen LogP) is 5.13. The lowest BCUT2D eigenvalue weighted by atomic mass is 10.1. The summed E-state index contributed by atoms with van der Waals surface area (Å²) in [5, 5.41) is 0. The maximum Gasteiger partial charge on any atom is 0.0584 e. The van der Waals surface area contributed by atoms with Crippen LogP contribution < -0.4 is 0 Å². The molecule has 0 aromatic rings. The molecule has 0 aliphatic carbocycles. The highest BCUT2D eigenvalue weighted by atomic mass is 14.7. The van der Waals surface area contributed by atoms with Crippen molar-refractivity contribution in [1.82, 2.24) is 0 Å². The Morgan fingerprint density at radius 1 is 0.789 bits per heavy atom. The zero-order chi connectivity index (χ0) is 14.7. The lowest BCUT2D eigenvalue weighted by Gasteiger charge is -1.97. The molecule has 0 unspecified atom stereocenters. The number of hydrogen-bond acceptors (Lipinski definition) is 2. The highest BCUT2D eigenvalue weighted by molar-refractivity contribution is 5.62. The van der Waals surface area contributed by atoms with Crippen LogP contribution in [0.15, 0.2) is 44.6 Å². The van der Waals surface area contributed by atoms with E-state index in [1.165, 1.54) is 22.3 Å². The summed E-state index contributed by atoms with van der Waals surface area (Å²) in [7, 11) is 0. The van der Waals surface area contributed by atoms with Gasteiger partial charge in [-0.3, -0.25) is 9.98 Å². The monoisotopic (exact) mass is 260 g/mol. The maximum atomic E-state index is 4.33. The van der Waals surface area contributed by atoms with Crippen molar-refractivity contribution in [2.45, 2.75) is 54.4 Å². The Morgan fingerprint density at radius 2 is 1.32 bits per heavy atom. The fraction of sp³-hybridized carbons (Fsp3) is 0.529. The Morgan fingerprint density at radius 3 is 1.84 bits per heavy atom. The van der Waals surface area contributed by atoms with Gasteiger partial charge in [-0.15, -0.1) is 0 Å². The van der Waals surface area contributed by atoms with Gasteiger partial charge >= 0.3 is 0 Å². The molecular formula is C17H28N2. The molecule has 0 fully saturated rings. The fourth-order valence-corrected chi connectivity index (χ4v) is 1.10. The van der Waals surface area contributed by atoms with Crippen LogP contribution >= 0.6 is 0 Å². The number of allylic oxidation sites excluding steroid dienone is 4. The van der Waals surface area contributed by atoms with Crippen molar-refractivity contribution in [2.24, 2.45) is 9.98 Å². The van der Waals surface area contributed by atoms with Gasteiger partial charge in [0.25, 0.3) is 0 Å². The van der Waals surface area contributed by atoms with Crippen molar-refractivity contribution < 1.29 is 0 Å². The van der Waals surface area contributed by atoms with Crippen molar-refractivity contribution >= 4 is 12.4 Å². The van der Waals surface area contributed by atoms with Crippen LogP contribution in [-0.2, 0) is 0 Å². The fourth-order valence-electron chi connectivity index (χ4n) is 1.10. The first kappa shape index (κ1) is 17.6. The number of rotatable bonds is 7. The second-order valence-corrected chi connectivity index (χ2v) is 5.23. The summed E-state index contributed by atoms with van der Waals surface area (Å²) in [6.45, 7) is 13.5. The zero-order valence-corrected chi connectivity index (χ0v) is 13.3. The normalized spacial score (nSPS) is 11.7. The average Bonchev–Trinajstić information content (AvgIpc) is 2.35. The van der Waals surface area contributed by atoms with Crippen LogP contribution in [0.2, 0.25) is 0 Å². The van der Waals surface area contributed by atoms with Gasteiger partial charge < -0.3 is 0 Å². The van der Waals surface area contributed by atoms with Gasteiger partial charge in [0.15, 0.2) is 0 Å². The second kappa shape index (κ2) is 10.5. The standard InChI is InChI=1S/C17H28N2/c1-14(2)16(5)8-12-18-10-7-11-19-13-9-17(6)15(3)4/h7,10,12-13H,8-9,11H2,1-6H3. The molecule has 0 atom stereocenters. The van der Waals surface area contributed by atoms with E-state index in [2.05, 4.69) is 51.5 Å². The summed E-state index contributed by atoms with van der Waals surface area (Å²) >= 11 is 0. The van der Waals surface area contributed by atoms with E-state index in [-0.39, 0.29) is 0 Å². The molecule has 2 nitrogen and oxygen atoms in total. The van der Waals surface area contributed by atoms with Crippen molar-refractivity contribution in [1.29, 1.82) is 0 Å². The van der Waals surface area contributed by atoms with Gasteiger partial charge in [-0.1, -0.05) is 22.3 Å². The van der Waals surface area contributed by atoms with E-state index in [0.29, 0.717) is 6.54 Å². The third kappa shape index (κ3) is 10.2. The maximum absolute atomic E-state index is 4.33. The van der Waals surface area contributed by atoms with Crippen LogP contribution in [0.25, 0.3) is 0 Å². The van der Waals surface area contributed by atoms with Crippen LogP contribution in [0.3, 0.4) is 0 Å². The first-order valence-electron chi connectivity index (χ1n) is 6.86. The molecule has 2 heteroatoms. The molecule has 0 saturated carbocycles. The van der Waals surface area contributed by atoms with Gasteiger partial charge in [0.2, 0.25) is 0 Å². The minimum atomic E-state index is 0.703. The van der Waals surface area contributed by atoms with Crippen molar-refractivity contribution in [3.05, 3.63) is 34.6 Å². The van der Waals surface area contributed by atoms with Crippen LogP contribution in [0.5, 0.6) is 0 Å². The van der Waals surface area contributed by atoms with Gasteiger partial charge in [0, 0.05) is 31.5 Å². The molecule has 0 aromatic carbocycles. The van der Waals surface area contributed by atoms with Crippen LogP contribution in [0.1, 0.15) is 54.4 Å². The van der Waals surface area contributed by atoms with Crippen LogP contribution in [0, 0.1) is 0 Å². The Labute approximate surface area is 118 Å². The minimum Gasteiger partial charge on any atom is -0.293 e. The van der Waals surface area contributed by atoms with Crippen molar-refractivity contribution in [2.75, 3.05) is 6.54 Å². The molecule has 0 aliphatic heterocycles. The highest BCUT2D eigenvalue weighted by Gasteiger charge is 1.88. The first-order chi connectivity index (χ1) is 8.95. The molecule has 0 saturated heterocycles. The largest absolute Gasteiger partial charge is 0.293 e. The van der Waals surface area contributed by atoms with Crippen LogP contribution in [-0.4, -0.2) is 19.0 Å². The van der Waals surface area contributed by atoms with Crippen molar-refractivity contribution in [3.63, 3.8) is 0 Å². The molecular weight excluding hydrogens is 232 g/mol. The van der Waals surface area contributed by atoms with Gasteiger partial charge in [0.1, 0.15) is 0 Å². The quantitative estimate of drug-likeness (QED) is 0.447. The third-order valence-corrected chi connectivity index (χ3v) is 3.14. The lowest BCUT2D eigenvalue weighted by molar-refractivity contribution is 1.15. The molecule has 0 rings (SSSR count). The zero-order valence-electron chi connectivity index (χ0n) is 13.3. The number of hydrogen-bond donors (Lipinski definition) is 0. The molecule has 0 heterocycles. The third-order valence-electron chi connectivity index (χ3n) is 3.14. The Hall–Kier alpha value is -1.44. The van der Waals surface area contributed by atoms with Gasteiger partial charge in [-0.05, 0) is 47.6 Å². The molecule has 0 aromatic heterocycles. The smallest absolute Gasteiger partial charge is 0.0584 e. The molecule has 106 valence electrons. The molecule has 0 aliphatic rings. The summed E-state index contributed by atoms with van der Waals surface area (Å²) in [4.78, 5) is 8.56. The highest BCUT2D eigenvalue weighted by Crippen LogP contribution is 2.05. The Bertz CT molecular complexity index is 399. The van der Waals surface area contributed by atoms with E-state index in [1.807, 2.05) is 24.7 Å². The van der Waals surface area contributed by atoms with Gasteiger partial charge in [-0.25, -0.2) is 0 Å². The summed E-state index contributed by atoms with van der Waals surface area (Å²) in [6, 6.07) is 0. The van der Waals surface area contributed by atoms with Gasteiger partial charge in [0.05, 0.1) is 6.54 Å². The predicted molar refractivity (Wildman–Crippen MR) is 88.3 cm³/mol. The minimum absolute atomic E-state index is 0.703. The Balaban J connectivity index is 3.88. The summed E-state index contributed by atoms with van der Waals surface area (Å²) in [5.41, 5.74) is 5.52. The van der Waals surface area contributed by atoms with E-state index in [1.54, 1.807) is 0 Å². The molecule has 0 spiro atoms. The SMILES string of the molecule is CC(C)=C(C)CC=NC=CCN=CCC(C)=C(C)C. The second-order valence-electron chi connectivity index (χ2n) is 5.23. The van der Waals surface area contributed by atoms with Crippen molar-refractivity contribution in [3.8, 4) is 0 Å². The average molecular weight is 260 g/mol. The Kier molecular flexibility index (Phi) is 9.69. The van der Waals surface area contributed by atoms with E-state index >= 15 is 0 Å². The molecule has 0 N–H and O–H groups in total. The lowest BCUT2D eigenvalue weighted by Crippen LogP contribution is -1.83. The topological polar surface area (TPSA) is 24.7 Å². The molecule has 19 heavy (non-hydrogen) atoms. The number of nitrogens with zero attached hydrogens (tertiary/aromatic N) is 2. The summed E-state index contributed by atoms with van der Waals surface area (Å²) in [5.74, 6) is 0. The number of aliphatic imine (C=N–C) groups is 2. The van der Waals surface area contributed by atoms with E-state index in [0.717, 1.165) is 12.8 Å². The van der Waals surface area contributed by atoms with E-state index in [4.69, 9.17) is 0 Å². The van der Waals surface area contributed by atoms with E-state index < -0.39 is 0 Å². The van der Waals surface area contributed by atoms with Crippen LogP contribution in [0.4, 0.5) is 0 Å². The molecule has 0 amide bonds. The van der Waals surface area contributed by atoms with E-state index in [9.17, 15) is 0 Å². The summed E-state index contributed by atoms with van der Waals surface area (Å²) in [6.07, 6.45) is 9.58. The first-order valence-corrected chi connectivity index (χ1v) is 6.86. The summed E-state index contributed by atoms with van der Waals surface area (Å²) < 4.78 is 0. The molecule has 0 bridgehead atoms. The molecule has 0 radical (unpaired) electrons. The van der Waals surface area contributed by atoms with Gasteiger partial charge in [-0.2, -0.15) is 0 Å².